The fraction of sp³-hybridized carbons (Fsp3) is 0.308. The maximum Gasteiger partial charge on any atom is 0.254 e. The average Bonchev–Trinajstić information content (AvgIpc) is 2.87. The van der Waals surface area contributed by atoms with Gasteiger partial charge in [-0.15, -0.1) is 0 Å². The van der Waals surface area contributed by atoms with Crippen molar-refractivity contribution in [2.24, 2.45) is 0 Å². The third kappa shape index (κ3) is 1.95. The summed E-state index contributed by atoms with van der Waals surface area (Å²) in [6.07, 6.45) is 1.84. The number of carbonyl (C=O) groups is 1. The molecule has 1 fully saturated rings. The van der Waals surface area contributed by atoms with Gasteiger partial charge in [-0.25, -0.2) is 0 Å². The van der Waals surface area contributed by atoms with E-state index in [-0.39, 0.29) is 5.91 Å². The van der Waals surface area contributed by atoms with Crippen LogP contribution in [0.1, 0.15) is 10.4 Å². The zero-order valence-electron chi connectivity index (χ0n) is 9.89. The van der Waals surface area contributed by atoms with Crippen LogP contribution < -0.4 is 0 Å². The highest BCUT2D eigenvalue weighted by atomic mass is 32.2. The second-order valence-electron chi connectivity index (χ2n) is 4.38. The van der Waals surface area contributed by atoms with Gasteiger partial charge < -0.3 is 9.88 Å². The lowest BCUT2D eigenvalue weighted by Gasteiger charge is -2.26. The van der Waals surface area contributed by atoms with Crippen LogP contribution in [0.4, 0.5) is 0 Å². The van der Waals surface area contributed by atoms with E-state index >= 15 is 0 Å². The van der Waals surface area contributed by atoms with E-state index in [2.05, 4.69) is 4.98 Å². The van der Waals surface area contributed by atoms with Gasteiger partial charge in [0.15, 0.2) is 0 Å². The van der Waals surface area contributed by atoms with Gasteiger partial charge in [0.05, 0.1) is 0 Å². The molecule has 1 N–H and O–H groups in total. The Bertz CT molecular complexity index is 610. The van der Waals surface area contributed by atoms with Crippen molar-refractivity contribution in [3.05, 3.63) is 36.0 Å². The fourth-order valence-corrected chi connectivity index (χ4v) is 3.34. The summed E-state index contributed by atoms with van der Waals surface area (Å²) in [7, 11) is -0.753. The highest BCUT2D eigenvalue weighted by molar-refractivity contribution is 7.85. The van der Waals surface area contributed by atoms with E-state index in [1.807, 2.05) is 30.5 Å². The molecule has 94 valence electrons. The third-order valence-electron chi connectivity index (χ3n) is 3.29. The van der Waals surface area contributed by atoms with Gasteiger partial charge in [-0.05, 0) is 18.2 Å². The van der Waals surface area contributed by atoms with Crippen LogP contribution >= 0.6 is 0 Å². The number of fused-ring (bicyclic) bond motifs is 1. The Morgan fingerprint density at radius 2 is 2.00 bits per heavy atom. The smallest absolute Gasteiger partial charge is 0.254 e. The number of rotatable bonds is 1. The Labute approximate surface area is 107 Å². The number of H-pyrrole nitrogens is 1. The quantitative estimate of drug-likeness (QED) is 0.844. The number of carbonyl (C=O) groups excluding carboxylic acids is 1. The first-order valence-corrected chi connectivity index (χ1v) is 7.45. The molecule has 5 heteroatoms. The monoisotopic (exact) mass is 262 g/mol. The van der Waals surface area contributed by atoms with Gasteiger partial charge in [0.25, 0.3) is 5.91 Å². The van der Waals surface area contributed by atoms with Gasteiger partial charge in [0, 0.05) is 58.1 Å². The molecule has 1 aliphatic heterocycles. The minimum Gasteiger partial charge on any atom is -0.361 e. The molecule has 0 atom stereocenters. The van der Waals surface area contributed by atoms with Gasteiger partial charge in [-0.2, -0.15) is 0 Å². The van der Waals surface area contributed by atoms with Crippen LogP contribution in [-0.2, 0) is 10.8 Å². The molecular weight excluding hydrogens is 248 g/mol. The van der Waals surface area contributed by atoms with Gasteiger partial charge >= 0.3 is 0 Å². The number of aromatic amines is 1. The van der Waals surface area contributed by atoms with E-state index in [1.165, 1.54) is 0 Å². The number of amides is 1. The predicted molar refractivity (Wildman–Crippen MR) is 72.1 cm³/mol. The van der Waals surface area contributed by atoms with Crippen LogP contribution in [0.3, 0.4) is 0 Å². The molecule has 1 amide bonds. The van der Waals surface area contributed by atoms with E-state index in [0.29, 0.717) is 24.6 Å². The molecule has 2 aromatic rings. The largest absolute Gasteiger partial charge is 0.361 e. The molecule has 0 unspecified atom stereocenters. The van der Waals surface area contributed by atoms with E-state index in [0.717, 1.165) is 16.5 Å². The zero-order chi connectivity index (χ0) is 12.5. The summed E-state index contributed by atoms with van der Waals surface area (Å²) in [6, 6.07) is 7.61. The lowest BCUT2D eigenvalue weighted by Crippen LogP contribution is -2.41. The van der Waals surface area contributed by atoms with Gasteiger partial charge in [-0.1, -0.05) is 6.07 Å². The zero-order valence-corrected chi connectivity index (χ0v) is 10.7. The Hall–Kier alpha value is -1.62. The van der Waals surface area contributed by atoms with Crippen LogP contribution in [-0.4, -0.2) is 44.6 Å². The fourth-order valence-electron chi connectivity index (χ4n) is 2.28. The van der Waals surface area contributed by atoms with Crippen LogP contribution in [0.2, 0.25) is 0 Å². The first-order chi connectivity index (χ1) is 8.75. The summed E-state index contributed by atoms with van der Waals surface area (Å²) in [5, 5.41) is 0.953. The van der Waals surface area contributed by atoms with Gasteiger partial charge in [-0.3, -0.25) is 9.00 Å². The number of nitrogens with zero attached hydrogens (tertiary/aromatic N) is 1. The van der Waals surface area contributed by atoms with Crippen molar-refractivity contribution in [3.63, 3.8) is 0 Å². The molecule has 0 radical (unpaired) electrons. The first kappa shape index (κ1) is 11.5. The molecule has 18 heavy (non-hydrogen) atoms. The van der Waals surface area contributed by atoms with Crippen molar-refractivity contribution in [1.29, 1.82) is 0 Å². The third-order valence-corrected chi connectivity index (χ3v) is 4.57. The molecule has 0 spiro atoms. The molecule has 4 nitrogen and oxygen atoms in total. The standard InChI is InChI=1S/C13H14N2O2S/c16-13(15-6-8-18(17)9-7-15)11-2-1-3-12-10(11)4-5-14-12/h1-5,14H,6-9H2. The molecule has 3 rings (SSSR count). The van der Waals surface area contributed by atoms with Crippen LogP contribution in [0.15, 0.2) is 30.5 Å². The molecule has 0 bridgehead atoms. The summed E-state index contributed by atoms with van der Waals surface area (Å²) in [5.74, 6) is 1.22. The van der Waals surface area contributed by atoms with Crippen molar-refractivity contribution < 1.29 is 9.00 Å². The SMILES string of the molecule is O=C(c1cccc2[nH]ccc12)N1CCS(=O)CC1. The number of benzene rings is 1. The highest BCUT2D eigenvalue weighted by Crippen LogP contribution is 2.19. The second kappa shape index (κ2) is 4.57. The maximum absolute atomic E-state index is 12.4. The summed E-state index contributed by atoms with van der Waals surface area (Å²) in [6.45, 7) is 1.18. The molecule has 1 aromatic heterocycles. The van der Waals surface area contributed by atoms with Crippen LogP contribution in [0, 0.1) is 0 Å². The number of aromatic nitrogens is 1. The topological polar surface area (TPSA) is 53.2 Å². The van der Waals surface area contributed by atoms with E-state index in [9.17, 15) is 9.00 Å². The van der Waals surface area contributed by atoms with Crippen molar-refractivity contribution in [3.8, 4) is 0 Å². The second-order valence-corrected chi connectivity index (χ2v) is 6.08. The van der Waals surface area contributed by atoms with Gasteiger partial charge in [0.1, 0.15) is 0 Å². The summed E-state index contributed by atoms with van der Waals surface area (Å²) >= 11 is 0. The Morgan fingerprint density at radius 3 is 2.78 bits per heavy atom. The normalized spacial score (nSPS) is 17.2. The van der Waals surface area contributed by atoms with Crippen LogP contribution in [0.5, 0.6) is 0 Å². The number of hydrogen-bond acceptors (Lipinski definition) is 2. The minimum atomic E-state index is -0.753. The first-order valence-electron chi connectivity index (χ1n) is 5.96. The highest BCUT2D eigenvalue weighted by Gasteiger charge is 2.22. The number of nitrogens with one attached hydrogen (secondary N) is 1. The molecule has 0 aliphatic carbocycles. The molecule has 1 saturated heterocycles. The summed E-state index contributed by atoms with van der Waals surface area (Å²) in [5.41, 5.74) is 1.70. The van der Waals surface area contributed by atoms with E-state index in [4.69, 9.17) is 0 Å². The Morgan fingerprint density at radius 1 is 1.22 bits per heavy atom. The lowest BCUT2D eigenvalue weighted by molar-refractivity contribution is 0.0773. The lowest BCUT2D eigenvalue weighted by atomic mass is 10.1. The molecular formula is C13H14N2O2S. The predicted octanol–water partition coefficient (Wildman–Crippen LogP) is 1.37. The Balaban J connectivity index is 1.92. The average molecular weight is 262 g/mol. The van der Waals surface area contributed by atoms with Crippen molar-refractivity contribution in [1.82, 2.24) is 9.88 Å². The molecule has 1 aliphatic rings. The molecule has 2 heterocycles. The maximum atomic E-state index is 12.4. The Kier molecular flexibility index (Phi) is 2.91. The molecule has 1 aromatic carbocycles. The molecule has 0 saturated carbocycles. The summed E-state index contributed by atoms with van der Waals surface area (Å²) in [4.78, 5) is 17.3. The van der Waals surface area contributed by atoms with Crippen molar-refractivity contribution in [2.45, 2.75) is 0 Å². The van der Waals surface area contributed by atoms with Crippen molar-refractivity contribution in [2.75, 3.05) is 24.6 Å². The number of hydrogen-bond donors (Lipinski definition) is 1. The van der Waals surface area contributed by atoms with E-state index < -0.39 is 10.8 Å². The van der Waals surface area contributed by atoms with Gasteiger partial charge in [0.2, 0.25) is 0 Å². The van der Waals surface area contributed by atoms with Crippen LogP contribution in [0.25, 0.3) is 10.9 Å². The summed E-state index contributed by atoms with van der Waals surface area (Å²) < 4.78 is 11.3. The van der Waals surface area contributed by atoms with E-state index in [1.54, 1.807) is 4.90 Å². The van der Waals surface area contributed by atoms with Crippen molar-refractivity contribution >= 4 is 27.6 Å². The minimum absolute atomic E-state index is 0.0388.